The van der Waals surface area contributed by atoms with Crippen molar-refractivity contribution in [3.8, 4) is 0 Å². The average Bonchev–Trinajstić information content (AvgIpc) is 3.02. The Morgan fingerprint density at radius 3 is 2.32 bits per heavy atom. The molecule has 0 aliphatic carbocycles. The third-order valence-electron chi connectivity index (χ3n) is 3.06. The molecule has 1 N–H and O–H groups in total. The van der Waals surface area contributed by atoms with E-state index in [1.807, 2.05) is 16.8 Å². The van der Waals surface area contributed by atoms with E-state index in [4.69, 9.17) is 0 Å². The van der Waals surface area contributed by atoms with Crippen molar-refractivity contribution in [3.05, 3.63) is 52.2 Å². The maximum atomic E-state index is 12.1. The Labute approximate surface area is 114 Å². The lowest BCUT2D eigenvalue weighted by Gasteiger charge is -2.14. The van der Waals surface area contributed by atoms with Crippen molar-refractivity contribution in [2.24, 2.45) is 0 Å². The number of nitrogens with one attached hydrogen (secondary N) is 1. The van der Waals surface area contributed by atoms with Gasteiger partial charge in [-0.2, -0.15) is 11.3 Å². The topological polar surface area (TPSA) is 49.4 Å². The molecule has 0 fully saturated rings. The summed E-state index contributed by atoms with van der Waals surface area (Å²) in [5.41, 5.74) is 2.02. The van der Waals surface area contributed by atoms with E-state index < -0.39 is 0 Å². The van der Waals surface area contributed by atoms with Gasteiger partial charge in [0.15, 0.2) is 0 Å². The van der Waals surface area contributed by atoms with Gasteiger partial charge >= 0.3 is 0 Å². The predicted molar refractivity (Wildman–Crippen MR) is 74.6 cm³/mol. The summed E-state index contributed by atoms with van der Waals surface area (Å²) in [7, 11) is 0. The minimum absolute atomic E-state index is 0.201. The minimum Gasteiger partial charge on any atom is -0.383 e. The van der Waals surface area contributed by atoms with Gasteiger partial charge in [-0.15, -0.1) is 0 Å². The second-order valence-electron chi connectivity index (χ2n) is 4.25. The lowest BCUT2D eigenvalue weighted by Crippen LogP contribution is -2.34. The Morgan fingerprint density at radius 1 is 1.05 bits per heavy atom. The van der Waals surface area contributed by atoms with Crippen LogP contribution in [0.1, 0.15) is 20.7 Å². The maximum Gasteiger partial charge on any atom is 0.261 e. The van der Waals surface area contributed by atoms with Crippen LogP contribution in [0.5, 0.6) is 0 Å². The summed E-state index contributed by atoms with van der Waals surface area (Å²) >= 11 is 1.60. The van der Waals surface area contributed by atoms with Crippen LogP contribution < -0.4 is 5.32 Å². The van der Waals surface area contributed by atoms with Crippen molar-refractivity contribution >= 4 is 28.8 Å². The third kappa shape index (κ3) is 2.13. The number of imide groups is 1. The van der Waals surface area contributed by atoms with Crippen LogP contribution in [0.3, 0.4) is 0 Å². The largest absolute Gasteiger partial charge is 0.383 e. The van der Waals surface area contributed by atoms with Gasteiger partial charge in [-0.3, -0.25) is 14.5 Å². The number of hydrogen-bond acceptors (Lipinski definition) is 4. The van der Waals surface area contributed by atoms with E-state index >= 15 is 0 Å². The van der Waals surface area contributed by atoms with Gasteiger partial charge < -0.3 is 5.32 Å². The first-order valence-electron chi connectivity index (χ1n) is 5.98. The first-order chi connectivity index (χ1) is 9.27. The second kappa shape index (κ2) is 4.85. The van der Waals surface area contributed by atoms with Crippen molar-refractivity contribution in [3.63, 3.8) is 0 Å². The summed E-state index contributed by atoms with van der Waals surface area (Å²) in [6.45, 7) is 0.935. The van der Waals surface area contributed by atoms with E-state index in [0.717, 1.165) is 5.69 Å². The van der Waals surface area contributed by atoms with E-state index in [1.165, 1.54) is 4.90 Å². The first-order valence-corrected chi connectivity index (χ1v) is 6.93. The highest BCUT2D eigenvalue weighted by atomic mass is 32.1. The van der Waals surface area contributed by atoms with Gasteiger partial charge in [0, 0.05) is 24.2 Å². The first kappa shape index (κ1) is 11.9. The Morgan fingerprint density at radius 2 is 1.74 bits per heavy atom. The van der Waals surface area contributed by atoms with Gasteiger partial charge in [-0.1, -0.05) is 12.1 Å². The Bertz CT molecular complexity index is 587. The fourth-order valence-electron chi connectivity index (χ4n) is 2.12. The molecule has 0 radical (unpaired) electrons. The molecule has 1 aliphatic heterocycles. The summed E-state index contributed by atoms with van der Waals surface area (Å²) in [4.78, 5) is 25.5. The van der Waals surface area contributed by atoms with Gasteiger partial charge in [0.1, 0.15) is 0 Å². The normalized spacial score (nSPS) is 13.8. The summed E-state index contributed by atoms with van der Waals surface area (Å²) < 4.78 is 0. The van der Waals surface area contributed by atoms with Gasteiger partial charge in [-0.05, 0) is 23.6 Å². The molecule has 1 aliphatic rings. The lowest BCUT2D eigenvalue weighted by molar-refractivity contribution is 0.0660. The zero-order chi connectivity index (χ0) is 13.2. The molecule has 5 heteroatoms. The highest BCUT2D eigenvalue weighted by Crippen LogP contribution is 2.22. The van der Waals surface area contributed by atoms with E-state index in [2.05, 4.69) is 5.32 Å². The number of nitrogens with zero attached hydrogens (tertiary/aromatic N) is 1. The lowest BCUT2D eigenvalue weighted by atomic mass is 10.1. The Balaban J connectivity index is 1.67. The predicted octanol–water partition coefficient (Wildman–Crippen LogP) is 2.46. The molecule has 2 heterocycles. The van der Waals surface area contributed by atoms with Crippen LogP contribution in [0, 0.1) is 0 Å². The van der Waals surface area contributed by atoms with E-state index in [9.17, 15) is 9.59 Å². The van der Waals surface area contributed by atoms with E-state index in [-0.39, 0.29) is 11.8 Å². The van der Waals surface area contributed by atoms with Crippen LogP contribution in [0.25, 0.3) is 0 Å². The van der Waals surface area contributed by atoms with Gasteiger partial charge in [0.25, 0.3) is 11.8 Å². The molecular formula is C14H12N2O2S. The van der Waals surface area contributed by atoms with E-state index in [1.54, 1.807) is 35.6 Å². The number of carbonyl (C=O) groups is 2. The van der Waals surface area contributed by atoms with Crippen molar-refractivity contribution in [1.29, 1.82) is 0 Å². The molecule has 0 spiro atoms. The van der Waals surface area contributed by atoms with Crippen LogP contribution in [0.4, 0.5) is 5.69 Å². The smallest absolute Gasteiger partial charge is 0.261 e. The molecule has 0 bridgehead atoms. The number of fused-ring (bicyclic) bond motifs is 1. The maximum absolute atomic E-state index is 12.1. The van der Waals surface area contributed by atoms with Crippen molar-refractivity contribution in [2.45, 2.75) is 0 Å². The molecule has 1 aromatic heterocycles. The van der Waals surface area contributed by atoms with E-state index in [0.29, 0.717) is 24.2 Å². The Hall–Kier alpha value is -2.14. The molecule has 3 rings (SSSR count). The molecule has 0 atom stereocenters. The highest BCUT2D eigenvalue weighted by Gasteiger charge is 2.34. The van der Waals surface area contributed by atoms with Gasteiger partial charge in [0.2, 0.25) is 0 Å². The van der Waals surface area contributed by atoms with Gasteiger partial charge in [0.05, 0.1) is 11.1 Å². The fourth-order valence-corrected chi connectivity index (χ4v) is 2.73. The monoisotopic (exact) mass is 272 g/mol. The van der Waals surface area contributed by atoms with Crippen LogP contribution in [0.2, 0.25) is 0 Å². The molecule has 96 valence electrons. The number of benzene rings is 1. The fraction of sp³-hybridized carbons (Fsp3) is 0.143. The molecule has 0 unspecified atom stereocenters. The second-order valence-corrected chi connectivity index (χ2v) is 5.03. The molecule has 2 aromatic rings. The molecule has 4 nitrogen and oxygen atoms in total. The van der Waals surface area contributed by atoms with Crippen molar-refractivity contribution in [1.82, 2.24) is 4.90 Å². The molecule has 0 saturated heterocycles. The summed E-state index contributed by atoms with van der Waals surface area (Å²) in [6.07, 6.45) is 0. The zero-order valence-electron chi connectivity index (χ0n) is 10.1. The SMILES string of the molecule is O=C1c2ccccc2C(=O)N1CCNc1ccsc1. The Kier molecular flexibility index (Phi) is 3.05. The standard InChI is InChI=1S/C14H12N2O2S/c17-13-11-3-1-2-4-12(11)14(18)16(13)7-6-15-10-5-8-19-9-10/h1-5,8-9,15H,6-7H2. The van der Waals surface area contributed by atoms with Crippen molar-refractivity contribution < 1.29 is 9.59 Å². The molecule has 19 heavy (non-hydrogen) atoms. The van der Waals surface area contributed by atoms with Crippen LogP contribution >= 0.6 is 11.3 Å². The number of rotatable bonds is 4. The van der Waals surface area contributed by atoms with Crippen LogP contribution in [-0.4, -0.2) is 29.8 Å². The van der Waals surface area contributed by atoms with Gasteiger partial charge in [-0.25, -0.2) is 0 Å². The number of carbonyl (C=O) groups excluding carboxylic acids is 2. The molecular weight excluding hydrogens is 260 g/mol. The zero-order valence-corrected chi connectivity index (χ0v) is 10.9. The molecule has 0 saturated carbocycles. The number of anilines is 1. The summed E-state index contributed by atoms with van der Waals surface area (Å²) in [5.74, 6) is -0.402. The summed E-state index contributed by atoms with van der Waals surface area (Å²) in [5, 5.41) is 7.15. The summed E-state index contributed by atoms with van der Waals surface area (Å²) in [6, 6.07) is 8.91. The number of amides is 2. The number of hydrogen-bond donors (Lipinski definition) is 1. The van der Waals surface area contributed by atoms with Crippen LogP contribution in [-0.2, 0) is 0 Å². The number of thiophene rings is 1. The minimum atomic E-state index is -0.201. The molecule has 1 aromatic carbocycles. The quantitative estimate of drug-likeness (QED) is 0.870. The third-order valence-corrected chi connectivity index (χ3v) is 3.75. The van der Waals surface area contributed by atoms with Crippen molar-refractivity contribution in [2.75, 3.05) is 18.4 Å². The average molecular weight is 272 g/mol. The van der Waals surface area contributed by atoms with Crippen LogP contribution in [0.15, 0.2) is 41.1 Å². The molecule has 2 amide bonds. The highest BCUT2D eigenvalue weighted by molar-refractivity contribution is 7.08.